The summed E-state index contributed by atoms with van der Waals surface area (Å²) in [4.78, 5) is 26.7. The molecule has 0 bridgehead atoms. The molecule has 1 saturated heterocycles. The quantitative estimate of drug-likeness (QED) is 0.174. The second-order valence-electron chi connectivity index (χ2n) is 6.70. The standard InChI is InChI=1S/C15H25N3O9/c1-4-25-14(24)15(2,3)5-7(17-18-16)12(22)26-6-8-9(19)10(20)11(21)13(23)27-8/h7-11,13,19-21,23H,4-6H2,1-3H3. The van der Waals surface area contributed by atoms with Gasteiger partial charge in [0.05, 0.1) is 12.0 Å². The van der Waals surface area contributed by atoms with Gasteiger partial charge in [-0.15, -0.1) is 0 Å². The number of carbonyl (C=O) groups is 2. The normalized spacial score (nSPS) is 29.4. The Morgan fingerprint density at radius 1 is 1.19 bits per heavy atom. The first-order chi connectivity index (χ1) is 12.5. The summed E-state index contributed by atoms with van der Waals surface area (Å²) in [6.45, 7) is 4.22. The molecule has 6 atom stereocenters. The Balaban J connectivity index is 2.73. The molecule has 0 aromatic carbocycles. The van der Waals surface area contributed by atoms with Gasteiger partial charge in [0.1, 0.15) is 37.1 Å². The van der Waals surface area contributed by atoms with E-state index in [9.17, 15) is 30.0 Å². The van der Waals surface area contributed by atoms with E-state index < -0.39 is 60.7 Å². The van der Waals surface area contributed by atoms with Crippen LogP contribution in [-0.4, -0.2) is 82.3 Å². The molecule has 6 unspecified atom stereocenters. The maximum Gasteiger partial charge on any atom is 0.315 e. The number of aliphatic hydroxyl groups is 4. The summed E-state index contributed by atoms with van der Waals surface area (Å²) in [5.41, 5.74) is 7.52. The molecule has 0 spiro atoms. The third-order valence-corrected chi connectivity index (χ3v) is 4.07. The summed E-state index contributed by atoms with van der Waals surface area (Å²) in [5.74, 6) is -1.57. The second-order valence-corrected chi connectivity index (χ2v) is 6.70. The van der Waals surface area contributed by atoms with E-state index in [-0.39, 0.29) is 13.0 Å². The van der Waals surface area contributed by atoms with Crippen LogP contribution in [0.4, 0.5) is 0 Å². The van der Waals surface area contributed by atoms with Crippen LogP contribution in [0.5, 0.6) is 0 Å². The Morgan fingerprint density at radius 2 is 1.81 bits per heavy atom. The first-order valence-corrected chi connectivity index (χ1v) is 8.31. The summed E-state index contributed by atoms with van der Waals surface area (Å²) >= 11 is 0. The van der Waals surface area contributed by atoms with Crippen molar-refractivity contribution in [1.29, 1.82) is 0 Å². The Bertz CT molecular complexity index is 579. The highest BCUT2D eigenvalue weighted by molar-refractivity contribution is 5.80. The summed E-state index contributed by atoms with van der Waals surface area (Å²) in [6, 6.07) is -1.35. The van der Waals surface area contributed by atoms with Crippen molar-refractivity contribution < 1.29 is 44.2 Å². The summed E-state index contributed by atoms with van der Waals surface area (Å²) in [6.07, 6.45) is -8.31. The van der Waals surface area contributed by atoms with Gasteiger partial charge >= 0.3 is 11.9 Å². The largest absolute Gasteiger partial charge is 0.466 e. The molecule has 12 nitrogen and oxygen atoms in total. The van der Waals surface area contributed by atoms with E-state index >= 15 is 0 Å². The van der Waals surface area contributed by atoms with Crippen LogP contribution in [0.25, 0.3) is 10.4 Å². The zero-order chi connectivity index (χ0) is 20.8. The Morgan fingerprint density at radius 3 is 2.37 bits per heavy atom. The number of azide groups is 1. The van der Waals surface area contributed by atoms with Crippen LogP contribution in [0, 0.1) is 5.41 Å². The summed E-state index contributed by atoms with van der Waals surface area (Å²) < 4.78 is 14.7. The van der Waals surface area contributed by atoms with Gasteiger partial charge < -0.3 is 34.6 Å². The van der Waals surface area contributed by atoms with Gasteiger partial charge in [-0.2, -0.15) is 0 Å². The van der Waals surface area contributed by atoms with Crippen molar-refractivity contribution in [3.63, 3.8) is 0 Å². The summed E-state index contributed by atoms with van der Waals surface area (Å²) in [7, 11) is 0. The van der Waals surface area contributed by atoms with E-state index in [1.807, 2.05) is 0 Å². The molecule has 0 radical (unpaired) electrons. The number of carbonyl (C=O) groups excluding carboxylic acids is 2. The lowest BCUT2D eigenvalue weighted by Crippen LogP contribution is -2.58. The van der Waals surface area contributed by atoms with E-state index in [1.165, 1.54) is 13.8 Å². The molecule has 27 heavy (non-hydrogen) atoms. The molecule has 4 N–H and O–H groups in total. The molecule has 1 aliphatic rings. The van der Waals surface area contributed by atoms with Crippen LogP contribution in [0.3, 0.4) is 0 Å². The lowest BCUT2D eigenvalue weighted by molar-refractivity contribution is -0.287. The smallest absolute Gasteiger partial charge is 0.315 e. The fourth-order valence-corrected chi connectivity index (χ4v) is 2.46. The Hall–Kier alpha value is -1.95. The van der Waals surface area contributed by atoms with E-state index in [0.29, 0.717) is 0 Å². The number of hydrogen-bond donors (Lipinski definition) is 4. The van der Waals surface area contributed by atoms with Gasteiger partial charge in [0, 0.05) is 4.91 Å². The Labute approximate surface area is 155 Å². The summed E-state index contributed by atoms with van der Waals surface area (Å²) in [5, 5.41) is 41.6. The van der Waals surface area contributed by atoms with Gasteiger partial charge in [0.15, 0.2) is 6.29 Å². The van der Waals surface area contributed by atoms with Crippen molar-refractivity contribution >= 4 is 11.9 Å². The molecule has 0 aromatic rings. The first kappa shape index (κ1) is 23.1. The highest BCUT2D eigenvalue weighted by Gasteiger charge is 2.44. The van der Waals surface area contributed by atoms with E-state index in [1.54, 1.807) is 6.92 Å². The van der Waals surface area contributed by atoms with E-state index in [2.05, 4.69) is 10.0 Å². The predicted octanol–water partition coefficient (Wildman–Crippen LogP) is -1.01. The number of esters is 2. The van der Waals surface area contributed by atoms with Gasteiger partial charge in [0.25, 0.3) is 0 Å². The number of ether oxygens (including phenoxy) is 3. The van der Waals surface area contributed by atoms with Crippen molar-refractivity contribution in [3.8, 4) is 0 Å². The average Bonchev–Trinajstić information content (AvgIpc) is 2.61. The zero-order valence-corrected chi connectivity index (χ0v) is 15.3. The monoisotopic (exact) mass is 391 g/mol. The van der Waals surface area contributed by atoms with Gasteiger partial charge in [-0.1, -0.05) is 5.11 Å². The SMILES string of the molecule is CCOC(=O)C(C)(C)CC(N=[N+]=[N-])C(=O)OCC1OC(O)C(O)C(O)C1O. The van der Waals surface area contributed by atoms with E-state index in [0.717, 1.165) is 0 Å². The molecule has 0 saturated carbocycles. The van der Waals surface area contributed by atoms with E-state index in [4.69, 9.17) is 19.7 Å². The molecule has 1 fully saturated rings. The zero-order valence-electron chi connectivity index (χ0n) is 15.3. The molecular weight excluding hydrogens is 366 g/mol. The molecule has 154 valence electrons. The predicted molar refractivity (Wildman–Crippen MR) is 87.8 cm³/mol. The van der Waals surface area contributed by atoms with Crippen molar-refractivity contribution in [2.45, 2.75) is 63.9 Å². The molecule has 1 aliphatic heterocycles. The number of hydrogen-bond acceptors (Lipinski definition) is 10. The lowest BCUT2D eigenvalue weighted by Gasteiger charge is -2.38. The highest BCUT2D eigenvalue weighted by Crippen LogP contribution is 2.27. The lowest BCUT2D eigenvalue weighted by atomic mass is 9.86. The third kappa shape index (κ3) is 6.03. The van der Waals surface area contributed by atoms with Gasteiger partial charge in [0.2, 0.25) is 0 Å². The molecule has 0 amide bonds. The molecular formula is C15H25N3O9. The van der Waals surface area contributed by atoms with Crippen molar-refractivity contribution in [2.24, 2.45) is 10.5 Å². The van der Waals surface area contributed by atoms with Crippen molar-refractivity contribution in [3.05, 3.63) is 10.4 Å². The fourth-order valence-electron chi connectivity index (χ4n) is 2.46. The maximum atomic E-state index is 12.2. The Kier molecular flexibility index (Phi) is 8.41. The van der Waals surface area contributed by atoms with Gasteiger partial charge in [-0.3, -0.25) is 9.59 Å². The highest BCUT2D eigenvalue weighted by atomic mass is 16.6. The fraction of sp³-hybridized carbons (Fsp3) is 0.867. The van der Waals surface area contributed by atoms with Crippen LogP contribution in [-0.2, 0) is 23.8 Å². The number of rotatable bonds is 8. The first-order valence-electron chi connectivity index (χ1n) is 8.31. The van der Waals surface area contributed by atoms with Gasteiger partial charge in [-0.25, -0.2) is 0 Å². The molecule has 0 aliphatic carbocycles. The van der Waals surface area contributed by atoms with Crippen molar-refractivity contribution in [2.75, 3.05) is 13.2 Å². The van der Waals surface area contributed by atoms with Crippen LogP contribution in [0.1, 0.15) is 27.2 Å². The topological polar surface area (TPSA) is 192 Å². The number of aliphatic hydroxyl groups excluding tert-OH is 4. The number of nitrogens with zero attached hydrogens (tertiary/aromatic N) is 3. The van der Waals surface area contributed by atoms with Crippen LogP contribution >= 0.6 is 0 Å². The van der Waals surface area contributed by atoms with Crippen LogP contribution in [0.2, 0.25) is 0 Å². The molecule has 1 heterocycles. The molecule has 12 heteroatoms. The average molecular weight is 391 g/mol. The minimum absolute atomic E-state index is 0.145. The van der Waals surface area contributed by atoms with Crippen LogP contribution < -0.4 is 0 Å². The van der Waals surface area contributed by atoms with Crippen molar-refractivity contribution in [1.82, 2.24) is 0 Å². The molecule has 1 rings (SSSR count). The minimum atomic E-state index is -1.78. The third-order valence-electron chi connectivity index (χ3n) is 4.07. The second kappa shape index (κ2) is 9.83. The van der Waals surface area contributed by atoms with Gasteiger partial charge in [-0.05, 0) is 32.7 Å². The molecule has 0 aromatic heterocycles. The maximum absolute atomic E-state index is 12.2. The minimum Gasteiger partial charge on any atom is -0.466 e. The van der Waals surface area contributed by atoms with Crippen LogP contribution in [0.15, 0.2) is 5.11 Å².